The van der Waals surface area contributed by atoms with Crippen LogP contribution in [0.25, 0.3) is 0 Å². The largest absolute Gasteiger partial charge is 0.423 e. The normalized spacial score (nSPS) is 11.0. The Labute approximate surface area is 185 Å². The third kappa shape index (κ3) is 5.79. The number of carbonyl (C=O) groups excluding carboxylic acids is 2. The molecule has 7 heteroatoms. The van der Waals surface area contributed by atoms with E-state index in [9.17, 15) is 14.7 Å². The molecule has 0 spiro atoms. The number of esters is 1. The number of rotatable bonds is 7. The van der Waals surface area contributed by atoms with Gasteiger partial charge in [-0.05, 0) is 60.5 Å². The Balaban J connectivity index is 1.61. The molecule has 7 nitrogen and oxygen atoms in total. The molecule has 0 aliphatic rings. The number of nitrogens with one attached hydrogen (secondary N) is 1. The summed E-state index contributed by atoms with van der Waals surface area (Å²) in [7, 11) is 0. The quantitative estimate of drug-likeness (QED) is 0.443. The van der Waals surface area contributed by atoms with E-state index in [0.29, 0.717) is 28.9 Å². The van der Waals surface area contributed by atoms with Crippen LogP contribution in [0, 0.1) is 22.7 Å². The van der Waals surface area contributed by atoms with E-state index in [1.165, 1.54) is 12.1 Å². The predicted molar refractivity (Wildman–Crippen MR) is 116 cm³/mol. The van der Waals surface area contributed by atoms with Crippen LogP contribution in [-0.2, 0) is 6.42 Å². The molecule has 158 valence electrons. The van der Waals surface area contributed by atoms with E-state index in [2.05, 4.69) is 5.32 Å². The highest BCUT2D eigenvalue weighted by Gasteiger charge is 2.15. The van der Waals surface area contributed by atoms with E-state index in [1.54, 1.807) is 60.7 Å². The van der Waals surface area contributed by atoms with E-state index < -0.39 is 12.0 Å². The summed E-state index contributed by atoms with van der Waals surface area (Å²) in [6.07, 6.45) is 0.360. The van der Waals surface area contributed by atoms with Crippen molar-refractivity contribution in [3.05, 3.63) is 101 Å². The summed E-state index contributed by atoms with van der Waals surface area (Å²) < 4.78 is 5.34. The van der Waals surface area contributed by atoms with Crippen molar-refractivity contribution in [2.75, 3.05) is 6.61 Å². The van der Waals surface area contributed by atoms with E-state index in [4.69, 9.17) is 15.3 Å². The van der Waals surface area contributed by atoms with E-state index in [-0.39, 0.29) is 18.1 Å². The minimum atomic E-state index is -0.574. The molecule has 0 aromatic heterocycles. The van der Waals surface area contributed by atoms with Crippen molar-refractivity contribution in [2.24, 2.45) is 0 Å². The maximum Gasteiger partial charge on any atom is 0.343 e. The van der Waals surface area contributed by atoms with Gasteiger partial charge in [-0.3, -0.25) is 4.79 Å². The predicted octanol–water partition coefficient (Wildman–Crippen LogP) is 2.98. The molecule has 0 aliphatic heterocycles. The summed E-state index contributed by atoms with van der Waals surface area (Å²) in [6, 6.07) is 22.7. The number of hydrogen-bond donors (Lipinski definition) is 2. The van der Waals surface area contributed by atoms with Gasteiger partial charge in [-0.1, -0.05) is 24.3 Å². The fourth-order valence-corrected chi connectivity index (χ4v) is 3.02. The Morgan fingerprint density at radius 1 is 0.906 bits per heavy atom. The minimum absolute atomic E-state index is 0.268. The van der Waals surface area contributed by atoms with Crippen LogP contribution in [0.3, 0.4) is 0 Å². The van der Waals surface area contributed by atoms with Crippen molar-refractivity contribution in [3.63, 3.8) is 0 Å². The van der Waals surface area contributed by atoms with Gasteiger partial charge < -0.3 is 15.2 Å². The molecular weight excluding hydrogens is 406 g/mol. The second-order valence-electron chi connectivity index (χ2n) is 6.98. The minimum Gasteiger partial charge on any atom is -0.423 e. The summed E-state index contributed by atoms with van der Waals surface area (Å²) in [6.45, 7) is -0.268. The molecule has 3 aromatic carbocycles. The number of nitriles is 2. The number of carbonyl (C=O) groups is 2. The van der Waals surface area contributed by atoms with Gasteiger partial charge in [-0.15, -0.1) is 0 Å². The lowest BCUT2D eigenvalue weighted by Crippen LogP contribution is -2.39. The van der Waals surface area contributed by atoms with Crippen molar-refractivity contribution < 1.29 is 19.4 Å². The Morgan fingerprint density at radius 3 is 2.09 bits per heavy atom. The van der Waals surface area contributed by atoms with Crippen LogP contribution in [0.1, 0.15) is 37.4 Å². The lowest BCUT2D eigenvalue weighted by atomic mass is 10.1. The molecule has 0 bridgehead atoms. The molecule has 0 saturated heterocycles. The molecule has 32 heavy (non-hydrogen) atoms. The van der Waals surface area contributed by atoms with Crippen LogP contribution in [0.15, 0.2) is 72.8 Å². The molecule has 0 unspecified atom stereocenters. The van der Waals surface area contributed by atoms with Gasteiger partial charge in [0.25, 0.3) is 5.91 Å². The second kappa shape index (κ2) is 10.5. The van der Waals surface area contributed by atoms with Crippen LogP contribution in [-0.4, -0.2) is 29.6 Å². The van der Waals surface area contributed by atoms with Gasteiger partial charge in [-0.25, -0.2) is 4.79 Å². The summed E-state index contributed by atoms with van der Waals surface area (Å²) >= 11 is 0. The van der Waals surface area contributed by atoms with Crippen LogP contribution >= 0.6 is 0 Å². The number of amides is 1. The number of aliphatic hydroxyl groups excluding tert-OH is 1. The average Bonchev–Trinajstić information content (AvgIpc) is 2.84. The lowest BCUT2D eigenvalue weighted by Gasteiger charge is -2.17. The van der Waals surface area contributed by atoms with Gasteiger partial charge in [0.05, 0.1) is 41.5 Å². The van der Waals surface area contributed by atoms with Gasteiger partial charge in [0.15, 0.2) is 0 Å². The average molecular weight is 425 g/mol. The molecule has 0 saturated carbocycles. The molecule has 0 radical (unpaired) electrons. The monoisotopic (exact) mass is 425 g/mol. The highest BCUT2D eigenvalue weighted by molar-refractivity contribution is 5.94. The number of ether oxygens (including phenoxy) is 1. The summed E-state index contributed by atoms with van der Waals surface area (Å²) in [5.74, 6) is -0.625. The first kappa shape index (κ1) is 22.2. The smallest absolute Gasteiger partial charge is 0.343 e. The van der Waals surface area contributed by atoms with E-state index in [1.807, 2.05) is 12.1 Å². The first-order valence-corrected chi connectivity index (χ1v) is 9.75. The van der Waals surface area contributed by atoms with Crippen molar-refractivity contribution in [3.8, 4) is 17.9 Å². The Kier molecular flexibility index (Phi) is 7.32. The summed E-state index contributed by atoms with van der Waals surface area (Å²) in [5.41, 5.74) is 2.18. The molecule has 1 amide bonds. The number of benzene rings is 3. The first-order chi connectivity index (χ1) is 15.5. The lowest BCUT2D eigenvalue weighted by molar-refractivity contribution is 0.0734. The zero-order valence-electron chi connectivity index (χ0n) is 17.0. The van der Waals surface area contributed by atoms with Gasteiger partial charge in [0.1, 0.15) is 5.75 Å². The van der Waals surface area contributed by atoms with Crippen molar-refractivity contribution >= 4 is 11.9 Å². The maximum absolute atomic E-state index is 12.4. The topological polar surface area (TPSA) is 123 Å². The van der Waals surface area contributed by atoms with Gasteiger partial charge >= 0.3 is 5.97 Å². The highest BCUT2D eigenvalue weighted by atomic mass is 16.5. The maximum atomic E-state index is 12.4. The SMILES string of the molecule is N#Cc1cccc(C(=O)N[C@H](CO)Cc2ccc(OC(=O)c3cccc(C#N)c3)cc2)c1. The van der Waals surface area contributed by atoms with Crippen molar-refractivity contribution in [1.82, 2.24) is 5.32 Å². The molecule has 2 N–H and O–H groups in total. The Morgan fingerprint density at radius 2 is 1.50 bits per heavy atom. The summed E-state index contributed by atoms with van der Waals surface area (Å²) in [5, 5.41) is 30.3. The fourth-order valence-electron chi connectivity index (χ4n) is 3.02. The second-order valence-corrected chi connectivity index (χ2v) is 6.98. The van der Waals surface area contributed by atoms with Crippen LogP contribution < -0.4 is 10.1 Å². The highest BCUT2D eigenvalue weighted by Crippen LogP contribution is 2.16. The molecule has 3 aromatic rings. The number of hydrogen-bond acceptors (Lipinski definition) is 6. The number of nitrogens with zero attached hydrogens (tertiary/aromatic N) is 2. The van der Waals surface area contributed by atoms with Crippen molar-refractivity contribution in [1.29, 1.82) is 10.5 Å². The zero-order chi connectivity index (χ0) is 22.9. The molecule has 1 atom stereocenters. The Bertz CT molecular complexity index is 1210. The van der Waals surface area contributed by atoms with Gasteiger partial charge in [0.2, 0.25) is 0 Å². The third-order valence-electron chi connectivity index (χ3n) is 4.65. The van der Waals surface area contributed by atoms with Gasteiger partial charge in [-0.2, -0.15) is 10.5 Å². The van der Waals surface area contributed by atoms with Crippen molar-refractivity contribution in [2.45, 2.75) is 12.5 Å². The molecule has 0 heterocycles. The molecule has 0 fully saturated rings. The van der Waals surface area contributed by atoms with Crippen LogP contribution in [0.4, 0.5) is 0 Å². The number of aliphatic hydroxyl groups is 1. The summed E-state index contributed by atoms with van der Waals surface area (Å²) in [4.78, 5) is 24.7. The van der Waals surface area contributed by atoms with Crippen LogP contribution in [0.5, 0.6) is 5.75 Å². The fraction of sp³-hybridized carbons (Fsp3) is 0.120. The van der Waals surface area contributed by atoms with Gasteiger partial charge in [0, 0.05) is 5.56 Å². The molecule has 3 rings (SSSR count). The molecule has 0 aliphatic carbocycles. The third-order valence-corrected chi connectivity index (χ3v) is 4.65. The van der Waals surface area contributed by atoms with E-state index in [0.717, 1.165) is 5.56 Å². The first-order valence-electron chi connectivity index (χ1n) is 9.75. The van der Waals surface area contributed by atoms with Crippen LogP contribution in [0.2, 0.25) is 0 Å². The standard InChI is InChI=1S/C25H19N3O4/c26-14-18-3-1-5-20(11-18)24(30)28-22(16-29)13-17-7-9-23(10-8-17)32-25(31)21-6-2-4-19(12-21)15-27/h1-12,22,29H,13,16H2,(H,28,30)/t22-/m0/s1. The van der Waals surface area contributed by atoms with E-state index >= 15 is 0 Å². The molecular formula is C25H19N3O4. The zero-order valence-corrected chi connectivity index (χ0v) is 17.0. The Hall–Kier alpha value is -4.46.